The van der Waals surface area contributed by atoms with Gasteiger partial charge in [0.2, 0.25) is 0 Å². The Hall–Kier alpha value is -1.90. The molecule has 0 spiro atoms. The van der Waals surface area contributed by atoms with Crippen LogP contribution in [0.2, 0.25) is 0 Å². The second-order valence-electron chi connectivity index (χ2n) is 6.67. The molecular weight excluding hydrogens is 270 g/mol. The van der Waals surface area contributed by atoms with Crippen molar-refractivity contribution in [3.8, 4) is 11.4 Å². The number of aryl methyl sites for hydroxylation is 2. The van der Waals surface area contributed by atoms with Crippen LogP contribution in [0.25, 0.3) is 11.4 Å². The van der Waals surface area contributed by atoms with Gasteiger partial charge in [0.15, 0.2) is 5.82 Å². The van der Waals surface area contributed by atoms with E-state index >= 15 is 0 Å². The van der Waals surface area contributed by atoms with Gasteiger partial charge in [0, 0.05) is 22.9 Å². The van der Waals surface area contributed by atoms with Crippen LogP contribution in [0.4, 0.5) is 5.82 Å². The van der Waals surface area contributed by atoms with Gasteiger partial charge in [-0.05, 0) is 39.0 Å². The summed E-state index contributed by atoms with van der Waals surface area (Å²) in [4.78, 5) is 9.72. The minimum atomic E-state index is 0.602. The normalized spacial score (nSPS) is 17.7. The third-order valence-electron chi connectivity index (χ3n) is 4.94. The van der Waals surface area contributed by atoms with E-state index in [4.69, 9.17) is 9.97 Å². The average Bonchev–Trinajstić information content (AvgIpc) is 3.19. The second kappa shape index (κ2) is 5.71. The van der Waals surface area contributed by atoms with Crippen LogP contribution in [-0.2, 0) is 12.8 Å². The molecule has 114 valence electrons. The molecule has 1 aromatic heterocycles. The summed E-state index contributed by atoms with van der Waals surface area (Å²) in [7, 11) is 0. The lowest BCUT2D eigenvalue weighted by Crippen LogP contribution is -2.17. The van der Waals surface area contributed by atoms with Crippen molar-refractivity contribution in [1.29, 1.82) is 0 Å². The van der Waals surface area contributed by atoms with Crippen LogP contribution in [0.3, 0.4) is 0 Å². The number of nitrogens with one attached hydrogen (secondary N) is 1. The number of hydrogen-bond acceptors (Lipinski definition) is 3. The molecule has 0 amide bonds. The van der Waals surface area contributed by atoms with Crippen molar-refractivity contribution in [2.75, 3.05) is 5.32 Å². The highest BCUT2D eigenvalue weighted by Crippen LogP contribution is 2.31. The maximum atomic E-state index is 4.89. The molecule has 0 radical (unpaired) electrons. The fourth-order valence-electron chi connectivity index (χ4n) is 3.65. The van der Waals surface area contributed by atoms with Gasteiger partial charge >= 0.3 is 0 Å². The molecule has 22 heavy (non-hydrogen) atoms. The van der Waals surface area contributed by atoms with Gasteiger partial charge in [0.1, 0.15) is 5.82 Å². The van der Waals surface area contributed by atoms with Crippen LogP contribution in [-0.4, -0.2) is 16.0 Å². The van der Waals surface area contributed by atoms with Crippen molar-refractivity contribution in [2.45, 2.75) is 57.9 Å². The zero-order valence-electron chi connectivity index (χ0n) is 13.2. The zero-order valence-corrected chi connectivity index (χ0v) is 13.2. The molecule has 3 nitrogen and oxygen atoms in total. The quantitative estimate of drug-likeness (QED) is 0.917. The molecule has 2 aliphatic rings. The number of benzene rings is 1. The highest BCUT2D eigenvalue weighted by Gasteiger charge is 2.23. The van der Waals surface area contributed by atoms with E-state index in [0.717, 1.165) is 30.0 Å². The summed E-state index contributed by atoms with van der Waals surface area (Å²) < 4.78 is 0. The fraction of sp³-hybridized carbons (Fsp3) is 0.474. The van der Waals surface area contributed by atoms with Gasteiger partial charge in [-0.2, -0.15) is 0 Å². The molecule has 0 atom stereocenters. The van der Waals surface area contributed by atoms with E-state index in [0.29, 0.717) is 6.04 Å². The fourth-order valence-corrected chi connectivity index (χ4v) is 3.65. The summed E-state index contributed by atoms with van der Waals surface area (Å²) in [5.74, 6) is 1.98. The molecule has 1 aromatic carbocycles. The van der Waals surface area contributed by atoms with E-state index in [9.17, 15) is 0 Å². The number of rotatable bonds is 3. The molecule has 2 aromatic rings. The van der Waals surface area contributed by atoms with Gasteiger partial charge in [-0.1, -0.05) is 42.7 Å². The largest absolute Gasteiger partial charge is 0.367 e. The van der Waals surface area contributed by atoms with Crippen LogP contribution >= 0.6 is 0 Å². The highest BCUT2D eigenvalue weighted by atomic mass is 15.1. The number of aromatic nitrogens is 2. The van der Waals surface area contributed by atoms with Gasteiger partial charge in [0.25, 0.3) is 0 Å². The first-order chi connectivity index (χ1) is 10.8. The second-order valence-corrected chi connectivity index (χ2v) is 6.67. The minimum absolute atomic E-state index is 0.602. The molecule has 0 unspecified atom stereocenters. The number of nitrogens with zero attached hydrogens (tertiary/aromatic N) is 2. The lowest BCUT2D eigenvalue weighted by atomic mass is 10.1. The summed E-state index contributed by atoms with van der Waals surface area (Å²) in [5.41, 5.74) is 5.01. The first-order valence-corrected chi connectivity index (χ1v) is 8.53. The van der Waals surface area contributed by atoms with E-state index in [-0.39, 0.29) is 0 Å². The molecular formula is C19H23N3. The van der Waals surface area contributed by atoms with Gasteiger partial charge in [-0.3, -0.25) is 0 Å². The Balaban J connectivity index is 1.71. The predicted octanol–water partition coefficient (Wildman–Crippen LogP) is 4.30. The van der Waals surface area contributed by atoms with Crippen molar-refractivity contribution in [3.63, 3.8) is 0 Å². The molecule has 1 saturated carbocycles. The molecule has 0 bridgehead atoms. The van der Waals surface area contributed by atoms with Gasteiger partial charge in [-0.15, -0.1) is 0 Å². The zero-order chi connectivity index (χ0) is 14.9. The maximum Gasteiger partial charge on any atom is 0.161 e. The topological polar surface area (TPSA) is 37.8 Å². The summed E-state index contributed by atoms with van der Waals surface area (Å²) in [5, 5.41) is 3.71. The maximum absolute atomic E-state index is 4.89. The Bertz CT molecular complexity index is 670. The van der Waals surface area contributed by atoms with E-state index < -0.39 is 0 Å². The SMILES string of the molecule is Cc1ccc(-c2nc3c(c(NC4CCCC4)n2)CCC3)cc1. The lowest BCUT2D eigenvalue weighted by molar-refractivity contribution is 0.747. The van der Waals surface area contributed by atoms with E-state index in [1.165, 1.54) is 48.9 Å². The molecule has 0 saturated heterocycles. The Labute approximate surface area is 132 Å². The smallest absolute Gasteiger partial charge is 0.161 e. The third-order valence-corrected chi connectivity index (χ3v) is 4.94. The van der Waals surface area contributed by atoms with Gasteiger partial charge in [-0.25, -0.2) is 9.97 Å². The summed E-state index contributed by atoms with van der Waals surface area (Å²) in [6.07, 6.45) is 8.66. The van der Waals surface area contributed by atoms with E-state index in [1.807, 2.05) is 0 Å². The van der Waals surface area contributed by atoms with Crippen LogP contribution in [0.1, 0.15) is 48.9 Å². The third kappa shape index (κ3) is 2.60. The van der Waals surface area contributed by atoms with Crippen LogP contribution < -0.4 is 5.32 Å². The van der Waals surface area contributed by atoms with Crippen molar-refractivity contribution < 1.29 is 0 Å². The van der Waals surface area contributed by atoms with Crippen LogP contribution in [0, 0.1) is 6.92 Å². The van der Waals surface area contributed by atoms with Gasteiger partial charge in [0.05, 0.1) is 0 Å². The number of fused-ring (bicyclic) bond motifs is 1. The summed E-state index contributed by atoms with van der Waals surface area (Å²) >= 11 is 0. The molecule has 1 N–H and O–H groups in total. The first kappa shape index (κ1) is 13.7. The molecule has 4 rings (SSSR count). The first-order valence-electron chi connectivity index (χ1n) is 8.53. The Morgan fingerprint density at radius 1 is 0.955 bits per heavy atom. The molecule has 1 heterocycles. The monoisotopic (exact) mass is 293 g/mol. The molecule has 0 aliphatic heterocycles. The van der Waals surface area contributed by atoms with Crippen LogP contribution in [0.15, 0.2) is 24.3 Å². The Kier molecular flexibility index (Phi) is 3.57. The van der Waals surface area contributed by atoms with Crippen molar-refractivity contribution >= 4 is 5.82 Å². The van der Waals surface area contributed by atoms with Crippen molar-refractivity contribution in [2.24, 2.45) is 0 Å². The highest BCUT2D eigenvalue weighted by molar-refractivity contribution is 5.61. The Morgan fingerprint density at radius 3 is 2.50 bits per heavy atom. The standard InChI is InChI=1S/C19H23N3/c1-13-9-11-14(12-10-13)18-21-17-8-4-7-16(17)19(22-18)20-15-5-2-3-6-15/h9-12,15H,2-8H2,1H3,(H,20,21,22). The molecule has 2 aliphatic carbocycles. The van der Waals surface area contributed by atoms with Crippen molar-refractivity contribution in [1.82, 2.24) is 9.97 Å². The van der Waals surface area contributed by atoms with Crippen LogP contribution in [0.5, 0.6) is 0 Å². The average molecular weight is 293 g/mol. The summed E-state index contributed by atoms with van der Waals surface area (Å²) in [6, 6.07) is 9.13. The minimum Gasteiger partial charge on any atom is -0.367 e. The predicted molar refractivity (Wildman–Crippen MR) is 90.1 cm³/mol. The number of hydrogen-bond donors (Lipinski definition) is 1. The molecule has 3 heteroatoms. The Morgan fingerprint density at radius 2 is 1.73 bits per heavy atom. The summed E-state index contributed by atoms with van der Waals surface area (Å²) in [6.45, 7) is 2.11. The van der Waals surface area contributed by atoms with E-state index in [1.54, 1.807) is 0 Å². The van der Waals surface area contributed by atoms with E-state index in [2.05, 4.69) is 36.5 Å². The molecule has 1 fully saturated rings. The number of anilines is 1. The lowest BCUT2D eigenvalue weighted by Gasteiger charge is -2.17. The van der Waals surface area contributed by atoms with Crippen molar-refractivity contribution in [3.05, 3.63) is 41.1 Å². The van der Waals surface area contributed by atoms with Gasteiger partial charge < -0.3 is 5.32 Å².